The standard InChI is InChI=1S/C22H22FN3O4/c1-13-18(26-20(29-13)14-8-6-5-7-9-14)19(27)24-17-12-15(23)10-11-16(17)25-21(28)30-22(2,3)4/h5-12H,1-4H3,(H,24,27)(H,25,28). The SMILES string of the molecule is Cc1oc(-c2ccccc2)nc1C(=O)Nc1cc(F)ccc1NC(=O)OC(C)(C)C. The van der Waals surface area contributed by atoms with Gasteiger partial charge in [-0.3, -0.25) is 10.1 Å². The number of hydrogen-bond acceptors (Lipinski definition) is 5. The van der Waals surface area contributed by atoms with Gasteiger partial charge in [0.2, 0.25) is 5.89 Å². The van der Waals surface area contributed by atoms with Crippen LogP contribution in [0.1, 0.15) is 37.0 Å². The van der Waals surface area contributed by atoms with Crippen LogP contribution < -0.4 is 10.6 Å². The summed E-state index contributed by atoms with van der Waals surface area (Å²) in [6.07, 6.45) is -0.728. The van der Waals surface area contributed by atoms with E-state index in [0.29, 0.717) is 11.7 Å². The third-order valence-electron chi connectivity index (χ3n) is 3.90. The first-order valence-electron chi connectivity index (χ1n) is 9.26. The van der Waals surface area contributed by atoms with Crippen LogP contribution >= 0.6 is 0 Å². The molecule has 0 saturated heterocycles. The van der Waals surface area contributed by atoms with Crippen molar-refractivity contribution in [3.63, 3.8) is 0 Å². The number of anilines is 2. The molecule has 0 radical (unpaired) electrons. The summed E-state index contributed by atoms with van der Waals surface area (Å²) in [5, 5.41) is 5.08. The quantitative estimate of drug-likeness (QED) is 0.600. The Labute approximate surface area is 173 Å². The maximum absolute atomic E-state index is 13.8. The molecule has 1 heterocycles. The molecule has 0 saturated carbocycles. The van der Waals surface area contributed by atoms with Gasteiger partial charge < -0.3 is 14.5 Å². The normalized spacial score (nSPS) is 11.1. The van der Waals surface area contributed by atoms with E-state index in [0.717, 1.165) is 17.7 Å². The van der Waals surface area contributed by atoms with E-state index in [9.17, 15) is 14.0 Å². The number of rotatable bonds is 4. The van der Waals surface area contributed by atoms with Gasteiger partial charge in [0, 0.05) is 5.56 Å². The average Bonchev–Trinajstić information content (AvgIpc) is 3.05. The van der Waals surface area contributed by atoms with Crippen LogP contribution in [-0.4, -0.2) is 22.6 Å². The number of nitrogens with zero attached hydrogens (tertiary/aromatic N) is 1. The Morgan fingerprint density at radius 1 is 1.03 bits per heavy atom. The van der Waals surface area contributed by atoms with E-state index in [1.807, 2.05) is 30.3 Å². The Balaban J connectivity index is 1.82. The minimum atomic E-state index is -0.728. The molecule has 2 amide bonds. The lowest BCUT2D eigenvalue weighted by Crippen LogP contribution is -2.27. The van der Waals surface area contributed by atoms with E-state index in [1.165, 1.54) is 6.07 Å². The number of ether oxygens (including phenoxy) is 1. The first-order chi connectivity index (χ1) is 14.1. The van der Waals surface area contributed by atoms with Crippen molar-refractivity contribution in [2.75, 3.05) is 10.6 Å². The third kappa shape index (κ3) is 5.22. The Morgan fingerprint density at radius 2 is 1.73 bits per heavy atom. The number of hydrogen-bond donors (Lipinski definition) is 2. The Bertz CT molecular complexity index is 1070. The Kier molecular flexibility index (Phi) is 5.86. The summed E-state index contributed by atoms with van der Waals surface area (Å²) >= 11 is 0. The fourth-order valence-electron chi connectivity index (χ4n) is 2.64. The van der Waals surface area contributed by atoms with Crippen LogP contribution in [0.15, 0.2) is 52.9 Å². The van der Waals surface area contributed by atoms with Crippen molar-refractivity contribution < 1.29 is 23.1 Å². The highest BCUT2D eigenvalue weighted by Gasteiger charge is 2.21. The summed E-state index contributed by atoms with van der Waals surface area (Å²) in [4.78, 5) is 29.1. The summed E-state index contributed by atoms with van der Waals surface area (Å²) in [6.45, 7) is 6.77. The van der Waals surface area contributed by atoms with Crippen LogP contribution in [0.5, 0.6) is 0 Å². The smallest absolute Gasteiger partial charge is 0.412 e. The van der Waals surface area contributed by atoms with Crippen LogP contribution in [0.3, 0.4) is 0 Å². The number of oxazole rings is 1. The van der Waals surface area contributed by atoms with Gasteiger partial charge in [0.05, 0.1) is 11.4 Å². The van der Waals surface area contributed by atoms with Crippen LogP contribution in [0.2, 0.25) is 0 Å². The van der Waals surface area contributed by atoms with Crippen molar-refractivity contribution in [3.8, 4) is 11.5 Å². The van der Waals surface area contributed by atoms with E-state index in [1.54, 1.807) is 27.7 Å². The van der Waals surface area contributed by atoms with Gasteiger partial charge in [0.25, 0.3) is 5.91 Å². The van der Waals surface area contributed by atoms with Gasteiger partial charge in [0.1, 0.15) is 17.2 Å². The molecule has 0 aliphatic carbocycles. The summed E-state index contributed by atoms with van der Waals surface area (Å²) in [5.74, 6) is -0.577. The largest absolute Gasteiger partial charge is 0.444 e. The zero-order valence-corrected chi connectivity index (χ0v) is 17.1. The van der Waals surface area contributed by atoms with Crippen molar-refractivity contribution in [1.29, 1.82) is 0 Å². The molecule has 156 valence electrons. The predicted molar refractivity (Wildman–Crippen MR) is 111 cm³/mol. The molecule has 0 aliphatic heterocycles. The van der Waals surface area contributed by atoms with Gasteiger partial charge in [-0.2, -0.15) is 0 Å². The molecule has 7 nitrogen and oxygen atoms in total. The molecule has 2 aromatic carbocycles. The highest BCUT2D eigenvalue weighted by atomic mass is 19.1. The maximum Gasteiger partial charge on any atom is 0.412 e. The van der Waals surface area contributed by atoms with Crippen LogP contribution in [0.25, 0.3) is 11.5 Å². The van der Waals surface area contributed by atoms with Crippen LogP contribution in [-0.2, 0) is 4.74 Å². The summed E-state index contributed by atoms with van der Waals surface area (Å²) in [5.41, 5.74) is 0.316. The molecular weight excluding hydrogens is 389 g/mol. The molecule has 0 unspecified atom stereocenters. The maximum atomic E-state index is 13.8. The lowest BCUT2D eigenvalue weighted by Gasteiger charge is -2.20. The molecule has 1 aromatic heterocycles. The highest BCUT2D eigenvalue weighted by Crippen LogP contribution is 2.26. The van der Waals surface area contributed by atoms with E-state index in [4.69, 9.17) is 9.15 Å². The summed E-state index contributed by atoms with van der Waals surface area (Å²) in [7, 11) is 0. The van der Waals surface area contributed by atoms with Crippen molar-refractivity contribution in [3.05, 3.63) is 65.8 Å². The zero-order valence-electron chi connectivity index (χ0n) is 17.1. The lowest BCUT2D eigenvalue weighted by atomic mass is 10.2. The second kappa shape index (κ2) is 8.36. The van der Waals surface area contributed by atoms with Crippen molar-refractivity contribution in [2.24, 2.45) is 0 Å². The van der Waals surface area contributed by atoms with E-state index in [-0.39, 0.29) is 17.1 Å². The molecule has 0 atom stereocenters. The van der Waals surface area contributed by atoms with Crippen molar-refractivity contribution >= 4 is 23.4 Å². The first kappa shape index (κ1) is 21.0. The fourth-order valence-corrected chi connectivity index (χ4v) is 2.64. The fraction of sp³-hybridized carbons (Fsp3) is 0.227. The highest BCUT2D eigenvalue weighted by molar-refractivity contribution is 6.06. The number of aromatic nitrogens is 1. The number of carbonyl (C=O) groups excluding carboxylic acids is 2. The molecular formula is C22H22FN3O4. The van der Waals surface area contributed by atoms with Crippen molar-refractivity contribution in [1.82, 2.24) is 4.98 Å². The molecule has 0 spiro atoms. The van der Waals surface area contributed by atoms with E-state index < -0.39 is 23.4 Å². The van der Waals surface area contributed by atoms with Gasteiger partial charge in [-0.05, 0) is 58.0 Å². The summed E-state index contributed by atoms with van der Waals surface area (Å²) in [6, 6.07) is 12.7. The monoisotopic (exact) mass is 411 g/mol. The Hall–Kier alpha value is -3.68. The number of aryl methyl sites for hydroxylation is 1. The van der Waals surface area contributed by atoms with E-state index in [2.05, 4.69) is 15.6 Å². The molecule has 0 bridgehead atoms. The number of amides is 2. The summed E-state index contributed by atoms with van der Waals surface area (Å²) < 4.78 is 24.6. The van der Waals surface area contributed by atoms with E-state index >= 15 is 0 Å². The number of halogens is 1. The molecule has 0 fully saturated rings. The van der Waals surface area contributed by atoms with Gasteiger partial charge in [0.15, 0.2) is 5.69 Å². The molecule has 3 aromatic rings. The van der Waals surface area contributed by atoms with Gasteiger partial charge >= 0.3 is 6.09 Å². The molecule has 0 aliphatic rings. The number of carbonyl (C=O) groups is 2. The first-order valence-corrected chi connectivity index (χ1v) is 9.26. The third-order valence-corrected chi connectivity index (χ3v) is 3.90. The topological polar surface area (TPSA) is 93.5 Å². The molecule has 2 N–H and O–H groups in total. The molecule has 8 heteroatoms. The number of nitrogens with one attached hydrogen (secondary N) is 2. The van der Waals surface area contributed by atoms with Gasteiger partial charge in [-0.1, -0.05) is 18.2 Å². The van der Waals surface area contributed by atoms with Crippen LogP contribution in [0.4, 0.5) is 20.6 Å². The number of benzene rings is 2. The lowest BCUT2D eigenvalue weighted by molar-refractivity contribution is 0.0635. The van der Waals surface area contributed by atoms with Crippen LogP contribution in [0, 0.1) is 12.7 Å². The molecule has 30 heavy (non-hydrogen) atoms. The average molecular weight is 411 g/mol. The zero-order chi connectivity index (χ0) is 21.9. The molecule has 3 rings (SSSR count). The second-order valence-electron chi connectivity index (χ2n) is 7.56. The minimum Gasteiger partial charge on any atom is -0.444 e. The van der Waals surface area contributed by atoms with Gasteiger partial charge in [-0.25, -0.2) is 14.2 Å². The second-order valence-corrected chi connectivity index (χ2v) is 7.56. The van der Waals surface area contributed by atoms with Gasteiger partial charge in [-0.15, -0.1) is 0 Å². The van der Waals surface area contributed by atoms with Crippen molar-refractivity contribution in [2.45, 2.75) is 33.3 Å². The Morgan fingerprint density at radius 3 is 2.40 bits per heavy atom. The minimum absolute atomic E-state index is 0.0568. The predicted octanol–water partition coefficient (Wildman–Crippen LogP) is 5.39.